The minimum atomic E-state index is -3.59. The summed E-state index contributed by atoms with van der Waals surface area (Å²) in [7, 11) is -3.59. The van der Waals surface area contributed by atoms with E-state index in [-0.39, 0.29) is 6.61 Å². The van der Waals surface area contributed by atoms with Crippen LogP contribution in [-0.2, 0) is 40.4 Å². The molecule has 0 saturated heterocycles. The Morgan fingerprint density at radius 1 is 0.882 bits per heavy atom. The molecule has 15 heteroatoms. The van der Waals surface area contributed by atoms with Crippen LogP contribution >= 0.6 is 0 Å². The van der Waals surface area contributed by atoms with Crippen LogP contribution in [0.4, 0.5) is 4.79 Å². The van der Waals surface area contributed by atoms with Crippen LogP contribution in [0.2, 0.25) is 0 Å². The molecule has 0 bridgehead atoms. The van der Waals surface area contributed by atoms with Crippen molar-refractivity contribution in [3.05, 3.63) is 83.4 Å². The number of fused-ring (bicyclic) bond motifs is 1. The quantitative estimate of drug-likeness (QED) is 0.135. The van der Waals surface area contributed by atoms with E-state index in [1.54, 1.807) is 48.5 Å². The highest BCUT2D eigenvalue weighted by Crippen LogP contribution is 2.24. The number of aromatic nitrogens is 1. The zero-order valence-electron chi connectivity index (χ0n) is 30.6. The van der Waals surface area contributed by atoms with E-state index in [2.05, 4.69) is 40.1 Å². The van der Waals surface area contributed by atoms with Crippen LogP contribution < -0.4 is 21.3 Å². The Balaban J connectivity index is 0.00000333. The molecule has 0 aliphatic rings. The standard InChI is InChI=1S/C29H33N5O9S.C3H8.2C2H6/c1-18(32-29(40)43-17-19-8-4-3-5-9-19)27(38)34-26(22-15-30-23-11-7-6-10-21(22)23)28(39)31-16-24(35)33-20(14-25(36)37)12-13-44(2,41)42;1-3-2;2*1-2/h3-13,15,18,20,26,30H,14,16-17H2,1-2H3,(H,31,39)(H,32,40)(H,33,35)(H,34,38)(H,36,37);3H2,1-2H3;2*1-2H3/b13-12+;;;/t18-,20+,26?;;;/m0.../s1. The van der Waals surface area contributed by atoms with Crippen molar-refractivity contribution in [2.24, 2.45) is 0 Å². The lowest BCUT2D eigenvalue weighted by molar-refractivity contribution is -0.137. The topological polar surface area (TPSA) is 213 Å². The van der Waals surface area contributed by atoms with Crippen molar-refractivity contribution >= 4 is 50.5 Å². The number of hydrogen-bond acceptors (Lipinski definition) is 8. The lowest BCUT2D eigenvalue weighted by Gasteiger charge is -2.21. The number of alkyl carbamates (subject to hydrolysis) is 1. The molecular weight excluding hydrogens is 678 g/mol. The maximum absolute atomic E-state index is 13.3. The summed E-state index contributed by atoms with van der Waals surface area (Å²) < 4.78 is 28.0. The molecule has 3 rings (SSSR count). The van der Waals surface area contributed by atoms with Crippen molar-refractivity contribution < 1.29 is 42.2 Å². The van der Waals surface area contributed by atoms with Crippen LogP contribution in [0.5, 0.6) is 0 Å². The van der Waals surface area contributed by atoms with Crippen LogP contribution in [0.15, 0.2) is 72.3 Å². The molecular formula is C36H53N5O9S. The molecule has 1 heterocycles. The van der Waals surface area contributed by atoms with Gasteiger partial charge in [0.2, 0.25) is 17.7 Å². The highest BCUT2D eigenvalue weighted by molar-refractivity contribution is 7.93. The Morgan fingerprint density at radius 3 is 2.06 bits per heavy atom. The second-order valence-corrected chi connectivity index (χ2v) is 12.4. The van der Waals surface area contributed by atoms with Gasteiger partial charge in [-0.1, -0.05) is 103 Å². The number of carbonyl (C=O) groups is 5. The van der Waals surface area contributed by atoms with Crippen molar-refractivity contribution in [2.45, 2.75) is 86.0 Å². The van der Waals surface area contributed by atoms with Crippen molar-refractivity contribution in [3.63, 3.8) is 0 Å². The van der Waals surface area contributed by atoms with Crippen LogP contribution in [-0.4, -0.2) is 73.2 Å². The molecule has 51 heavy (non-hydrogen) atoms. The summed E-state index contributed by atoms with van der Waals surface area (Å²) in [6.07, 6.45) is 3.27. The normalized spacial score (nSPS) is 12.2. The number of aromatic amines is 1. The molecule has 3 atom stereocenters. The lowest BCUT2D eigenvalue weighted by Crippen LogP contribution is -2.50. The first-order valence-corrected chi connectivity index (χ1v) is 18.7. The molecule has 0 aliphatic heterocycles. The third-order valence-corrected chi connectivity index (χ3v) is 6.80. The number of carbonyl (C=O) groups excluding carboxylic acids is 4. The Hall–Kier alpha value is -5.18. The van der Waals surface area contributed by atoms with Gasteiger partial charge in [-0.15, -0.1) is 0 Å². The van der Waals surface area contributed by atoms with Gasteiger partial charge in [0, 0.05) is 34.3 Å². The molecule has 3 aromatic rings. The number of amides is 4. The summed E-state index contributed by atoms with van der Waals surface area (Å²) in [6.45, 7) is 13.0. The smallest absolute Gasteiger partial charge is 0.408 e. The highest BCUT2D eigenvalue weighted by atomic mass is 32.2. The van der Waals surface area contributed by atoms with E-state index in [0.29, 0.717) is 16.5 Å². The zero-order chi connectivity index (χ0) is 39.0. The number of aliphatic carboxylic acids is 1. The third-order valence-electron chi connectivity index (χ3n) is 6.14. The van der Waals surface area contributed by atoms with Gasteiger partial charge in [-0.3, -0.25) is 19.2 Å². The number of sulfone groups is 1. The van der Waals surface area contributed by atoms with Crippen molar-refractivity contribution in [1.29, 1.82) is 0 Å². The average molecular weight is 732 g/mol. The Morgan fingerprint density at radius 2 is 1.47 bits per heavy atom. The number of carboxylic acids is 1. The number of nitrogens with one attached hydrogen (secondary N) is 5. The number of para-hydroxylation sites is 1. The summed E-state index contributed by atoms with van der Waals surface area (Å²) in [5, 5.41) is 20.2. The molecule has 0 radical (unpaired) electrons. The maximum atomic E-state index is 13.3. The first-order valence-electron chi connectivity index (χ1n) is 16.7. The summed E-state index contributed by atoms with van der Waals surface area (Å²) in [5.41, 5.74) is 1.81. The molecule has 0 aliphatic carbocycles. The maximum Gasteiger partial charge on any atom is 0.408 e. The molecule has 1 unspecified atom stereocenters. The second kappa shape index (κ2) is 24.9. The van der Waals surface area contributed by atoms with Gasteiger partial charge in [0.25, 0.3) is 0 Å². The van der Waals surface area contributed by atoms with Gasteiger partial charge in [-0.05, 0) is 18.6 Å². The minimum absolute atomic E-state index is 0.0131. The summed E-state index contributed by atoms with van der Waals surface area (Å²) in [5.74, 6) is -3.59. The summed E-state index contributed by atoms with van der Waals surface area (Å²) >= 11 is 0. The molecule has 6 N–H and O–H groups in total. The molecule has 14 nitrogen and oxygen atoms in total. The third kappa shape index (κ3) is 18.4. The van der Waals surface area contributed by atoms with E-state index in [9.17, 15) is 32.4 Å². The molecule has 282 valence electrons. The minimum Gasteiger partial charge on any atom is -0.481 e. The molecule has 2 aromatic carbocycles. The first kappa shape index (κ1) is 45.8. The van der Waals surface area contributed by atoms with Gasteiger partial charge in [-0.25, -0.2) is 13.2 Å². The van der Waals surface area contributed by atoms with Gasteiger partial charge >= 0.3 is 12.1 Å². The largest absolute Gasteiger partial charge is 0.481 e. The fourth-order valence-corrected chi connectivity index (χ4v) is 4.49. The number of benzene rings is 2. The molecule has 0 saturated carbocycles. The fourth-order valence-electron chi connectivity index (χ4n) is 4.01. The Bertz CT molecular complexity index is 1660. The van der Waals surface area contributed by atoms with Crippen LogP contribution in [0.1, 0.15) is 78.5 Å². The van der Waals surface area contributed by atoms with E-state index in [1.165, 1.54) is 19.5 Å². The summed E-state index contributed by atoms with van der Waals surface area (Å²) in [6, 6.07) is 12.4. The van der Waals surface area contributed by atoms with E-state index >= 15 is 0 Å². The summed E-state index contributed by atoms with van der Waals surface area (Å²) in [4.78, 5) is 65.4. The molecule has 1 aromatic heterocycles. The van der Waals surface area contributed by atoms with Crippen molar-refractivity contribution in [3.8, 4) is 0 Å². The fraction of sp³-hybridized carbons (Fsp3) is 0.417. The van der Waals surface area contributed by atoms with Crippen LogP contribution in [0.25, 0.3) is 10.9 Å². The SMILES string of the molecule is CC.CC.CCC.C[C@H](NC(=O)OCc1ccccc1)C(=O)NC(C(=O)NCC(=O)N[C@H](/C=C/S(C)(=O)=O)CC(=O)O)c1c[nH]c2ccccc12. The average Bonchev–Trinajstić information content (AvgIpc) is 3.53. The van der Waals surface area contributed by atoms with Gasteiger partial charge < -0.3 is 36.1 Å². The molecule has 4 amide bonds. The highest BCUT2D eigenvalue weighted by Gasteiger charge is 2.28. The first-order chi connectivity index (χ1) is 24.2. The number of ether oxygens (including phenoxy) is 1. The Labute approximate surface area is 300 Å². The molecule has 0 spiro atoms. The van der Waals surface area contributed by atoms with E-state index in [1.807, 2.05) is 33.8 Å². The predicted molar refractivity (Wildman–Crippen MR) is 198 cm³/mol. The van der Waals surface area contributed by atoms with Crippen LogP contribution in [0, 0.1) is 0 Å². The number of H-pyrrole nitrogens is 1. The number of hydrogen-bond donors (Lipinski definition) is 6. The number of carboxylic acid groups (broad SMARTS) is 1. The Kier molecular flexibility index (Phi) is 22.3. The van der Waals surface area contributed by atoms with Crippen molar-refractivity contribution in [2.75, 3.05) is 12.8 Å². The van der Waals surface area contributed by atoms with Crippen LogP contribution in [0.3, 0.4) is 0 Å². The van der Waals surface area contributed by atoms with Gasteiger partial charge in [-0.2, -0.15) is 0 Å². The lowest BCUT2D eigenvalue weighted by atomic mass is 10.0. The van der Waals surface area contributed by atoms with E-state index in [4.69, 9.17) is 9.84 Å². The van der Waals surface area contributed by atoms with Crippen molar-refractivity contribution in [1.82, 2.24) is 26.3 Å². The van der Waals surface area contributed by atoms with Gasteiger partial charge in [0.1, 0.15) is 18.7 Å². The monoisotopic (exact) mass is 731 g/mol. The second-order valence-electron chi connectivity index (χ2n) is 10.5. The number of rotatable bonds is 14. The predicted octanol–water partition coefficient (Wildman–Crippen LogP) is 4.74. The zero-order valence-corrected chi connectivity index (χ0v) is 31.4. The molecule has 0 fully saturated rings. The van der Waals surface area contributed by atoms with E-state index < -0.39 is 70.7 Å². The van der Waals surface area contributed by atoms with Gasteiger partial charge in [0.05, 0.1) is 19.0 Å². The van der Waals surface area contributed by atoms with E-state index in [0.717, 1.165) is 23.3 Å². The van der Waals surface area contributed by atoms with Gasteiger partial charge in [0.15, 0.2) is 9.84 Å².